The molecule has 0 N–H and O–H groups in total. The first-order valence-corrected chi connectivity index (χ1v) is 10.1. The first-order chi connectivity index (χ1) is 11.3. The maximum Gasteiger partial charge on any atom is 0.237 e. The Morgan fingerprint density at radius 3 is 2.29 bits per heavy atom. The molecule has 0 saturated carbocycles. The number of carbonyl (C=O) groups is 1. The number of piperazine rings is 1. The van der Waals surface area contributed by atoms with Crippen LogP contribution in [0.2, 0.25) is 5.02 Å². The number of nitrogens with zero attached hydrogens (tertiary/aromatic N) is 3. The Morgan fingerprint density at radius 1 is 1.17 bits per heavy atom. The molecule has 2 rings (SSSR count). The molecule has 1 amide bonds. The Morgan fingerprint density at radius 2 is 1.75 bits per heavy atom. The smallest absolute Gasteiger partial charge is 0.237 e. The van der Waals surface area contributed by atoms with Crippen molar-refractivity contribution >= 4 is 27.5 Å². The van der Waals surface area contributed by atoms with Crippen molar-refractivity contribution in [1.29, 1.82) is 0 Å². The predicted molar refractivity (Wildman–Crippen MR) is 95.6 cm³/mol. The molecule has 1 aromatic rings. The van der Waals surface area contributed by atoms with E-state index in [0.29, 0.717) is 24.5 Å². The van der Waals surface area contributed by atoms with E-state index in [0.717, 1.165) is 24.9 Å². The minimum absolute atomic E-state index is 0.101. The summed E-state index contributed by atoms with van der Waals surface area (Å²) in [5, 5.41) is 0.643. The summed E-state index contributed by atoms with van der Waals surface area (Å²) in [5.41, 5.74) is 0.986. The molecule has 0 atom stereocenters. The molecule has 24 heavy (non-hydrogen) atoms. The zero-order chi connectivity index (χ0) is 17.7. The maximum absolute atomic E-state index is 12.4. The van der Waals surface area contributed by atoms with Gasteiger partial charge in [-0.3, -0.25) is 4.79 Å². The van der Waals surface area contributed by atoms with Crippen LogP contribution in [-0.2, 0) is 21.2 Å². The molecular formula is C16H24ClN3O3S. The zero-order valence-electron chi connectivity index (χ0n) is 14.1. The van der Waals surface area contributed by atoms with Crippen molar-refractivity contribution in [2.45, 2.75) is 6.42 Å². The summed E-state index contributed by atoms with van der Waals surface area (Å²) < 4.78 is 25.3. The molecule has 134 valence electrons. The average molecular weight is 374 g/mol. The number of benzene rings is 1. The van der Waals surface area contributed by atoms with Crippen molar-refractivity contribution in [3.63, 3.8) is 0 Å². The second kappa shape index (κ2) is 8.29. The van der Waals surface area contributed by atoms with E-state index in [1.165, 1.54) is 4.31 Å². The van der Waals surface area contributed by atoms with Crippen LogP contribution in [0.4, 0.5) is 0 Å². The number of carbonyl (C=O) groups excluding carboxylic acids is 1. The van der Waals surface area contributed by atoms with Gasteiger partial charge in [-0.15, -0.1) is 0 Å². The summed E-state index contributed by atoms with van der Waals surface area (Å²) in [7, 11) is -1.43. The van der Waals surface area contributed by atoms with Gasteiger partial charge in [0.05, 0.1) is 12.8 Å². The summed E-state index contributed by atoms with van der Waals surface area (Å²) >= 11 is 5.85. The largest absolute Gasteiger partial charge is 0.339 e. The average Bonchev–Trinajstić information content (AvgIpc) is 2.52. The van der Waals surface area contributed by atoms with E-state index in [4.69, 9.17) is 11.6 Å². The number of hydrogen-bond donors (Lipinski definition) is 0. The van der Waals surface area contributed by atoms with Crippen molar-refractivity contribution in [2.24, 2.45) is 0 Å². The third-order valence-corrected chi connectivity index (χ3v) is 5.70. The topological polar surface area (TPSA) is 60.9 Å². The summed E-state index contributed by atoms with van der Waals surface area (Å²) in [6, 6.07) is 7.28. The second-order valence-electron chi connectivity index (χ2n) is 6.16. The van der Waals surface area contributed by atoms with Crippen molar-refractivity contribution in [3.05, 3.63) is 34.9 Å². The summed E-state index contributed by atoms with van der Waals surface area (Å²) in [6.45, 7) is 3.09. The molecule has 8 heteroatoms. The first kappa shape index (κ1) is 19.2. The second-order valence-corrected chi connectivity index (χ2v) is 8.58. The van der Waals surface area contributed by atoms with Crippen LogP contribution < -0.4 is 0 Å². The van der Waals surface area contributed by atoms with Crippen LogP contribution in [0.5, 0.6) is 0 Å². The van der Waals surface area contributed by atoms with Gasteiger partial charge in [-0.2, -0.15) is 4.31 Å². The molecule has 0 aromatic heterocycles. The van der Waals surface area contributed by atoms with E-state index in [9.17, 15) is 13.2 Å². The monoisotopic (exact) mass is 373 g/mol. The van der Waals surface area contributed by atoms with Crippen LogP contribution in [0.1, 0.15) is 5.56 Å². The van der Waals surface area contributed by atoms with E-state index in [1.807, 2.05) is 19.2 Å². The molecule has 6 nitrogen and oxygen atoms in total. The molecule has 0 unspecified atom stereocenters. The Kier molecular flexibility index (Phi) is 6.62. The molecule has 1 aliphatic rings. The molecule has 1 aliphatic heterocycles. The highest BCUT2D eigenvalue weighted by molar-refractivity contribution is 7.88. The van der Waals surface area contributed by atoms with Crippen LogP contribution in [0.3, 0.4) is 0 Å². The summed E-state index contributed by atoms with van der Waals surface area (Å²) in [5.74, 6) is -0.135. The van der Waals surface area contributed by atoms with Crippen LogP contribution in [0, 0.1) is 0 Å². The number of hydrogen-bond acceptors (Lipinski definition) is 4. The molecule has 1 aromatic carbocycles. The van der Waals surface area contributed by atoms with E-state index in [1.54, 1.807) is 17.0 Å². The highest BCUT2D eigenvalue weighted by atomic mass is 35.5. The van der Waals surface area contributed by atoms with Gasteiger partial charge in [0.1, 0.15) is 0 Å². The maximum atomic E-state index is 12.4. The van der Waals surface area contributed by atoms with Gasteiger partial charge in [0, 0.05) is 37.7 Å². The van der Waals surface area contributed by atoms with Crippen molar-refractivity contribution in [1.82, 2.24) is 14.1 Å². The van der Waals surface area contributed by atoms with Gasteiger partial charge < -0.3 is 9.80 Å². The van der Waals surface area contributed by atoms with Crippen molar-refractivity contribution < 1.29 is 13.2 Å². The van der Waals surface area contributed by atoms with Gasteiger partial charge in [-0.05, 0) is 31.2 Å². The molecule has 1 saturated heterocycles. The Balaban J connectivity index is 1.95. The lowest BCUT2D eigenvalue weighted by Crippen LogP contribution is -2.50. The summed E-state index contributed by atoms with van der Waals surface area (Å²) in [4.78, 5) is 16.3. The number of rotatable bonds is 6. The zero-order valence-corrected chi connectivity index (χ0v) is 15.7. The minimum Gasteiger partial charge on any atom is -0.339 e. The third-order valence-electron chi connectivity index (χ3n) is 4.20. The van der Waals surface area contributed by atoms with Crippen molar-refractivity contribution in [3.8, 4) is 0 Å². The van der Waals surface area contributed by atoms with Gasteiger partial charge in [0.2, 0.25) is 15.9 Å². The standard InChI is InChI=1S/C16H24ClN3O3S/c1-18-9-11-19(12-10-18)16(21)13-20(24(2,22)23)8-7-14-3-5-15(17)6-4-14/h3-6H,7-13H2,1-2H3. The van der Waals surface area contributed by atoms with Crippen LogP contribution >= 0.6 is 11.6 Å². The molecule has 0 spiro atoms. The molecule has 1 fully saturated rings. The molecule has 0 aliphatic carbocycles. The molecule has 0 bridgehead atoms. The lowest BCUT2D eigenvalue weighted by atomic mass is 10.1. The highest BCUT2D eigenvalue weighted by Crippen LogP contribution is 2.11. The normalized spacial score (nSPS) is 16.6. The lowest BCUT2D eigenvalue weighted by Gasteiger charge is -2.33. The van der Waals surface area contributed by atoms with Crippen LogP contribution in [0.15, 0.2) is 24.3 Å². The predicted octanol–water partition coefficient (Wildman–Crippen LogP) is 0.918. The number of likely N-dealkylation sites (N-methyl/N-ethyl adjacent to an activating group) is 1. The van der Waals surface area contributed by atoms with Gasteiger partial charge in [-0.1, -0.05) is 23.7 Å². The number of sulfonamides is 1. The number of amides is 1. The lowest BCUT2D eigenvalue weighted by molar-refractivity contribution is -0.132. The van der Waals surface area contributed by atoms with E-state index < -0.39 is 10.0 Å². The molecule has 1 heterocycles. The molecule has 0 radical (unpaired) electrons. The quantitative estimate of drug-likeness (QED) is 0.744. The SMILES string of the molecule is CN1CCN(C(=O)CN(CCc2ccc(Cl)cc2)S(C)(=O)=O)CC1. The first-order valence-electron chi connectivity index (χ1n) is 7.91. The van der Waals surface area contributed by atoms with E-state index >= 15 is 0 Å². The fourth-order valence-corrected chi connectivity index (χ4v) is 3.47. The Hall–Kier alpha value is -1.15. The summed E-state index contributed by atoms with van der Waals surface area (Å²) in [6.07, 6.45) is 1.69. The van der Waals surface area contributed by atoms with Crippen molar-refractivity contribution in [2.75, 3.05) is 52.6 Å². The Bertz CT molecular complexity index is 656. The number of halogens is 1. The van der Waals surface area contributed by atoms with E-state index in [2.05, 4.69) is 4.90 Å². The van der Waals surface area contributed by atoms with Gasteiger partial charge in [-0.25, -0.2) is 8.42 Å². The fourth-order valence-electron chi connectivity index (χ4n) is 2.57. The van der Waals surface area contributed by atoms with Gasteiger partial charge in [0.25, 0.3) is 0 Å². The highest BCUT2D eigenvalue weighted by Gasteiger charge is 2.25. The van der Waals surface area contributed by atoms with Crippen LogP contribution in [0.25, 0.3) is 0 Å². The Labute approximate surface area is 149 Å². The molecular weight excluding hydrogens is 350 g/mol. The fraction of sp³-hybridized carbons (Fsp3) is 0.562. The minimum atomic E-state index is -3.44. The van der Waals surface area contributed by atoms with Gasteiger partial charge >= 0.3 is 0 Å². The van der Waals surface area contributed by atoms with E-state index in [-0.39, 0.29) is 19.0 Å². The van der Waals surface area contributed by atoms with Gasteiger partial charge in [0.15, 0.2) is 0 Å². The third kappa shape index (κ3) is 5.73. The van der Waals surface area contributed by atoms with Crippen LogP contribution in [-0.4, -0.2) is 81.0 Å².